The number of piperidine rings is 1. The first kappa shape index (κ1) is 31.4. The van der Waals surface area contributed by atoms with Gasteiger partial charge in [-0.3, -0.25) is 10.3 Å². The Kier molecular flexibility index (Phi) is 8.67. The zero-order valence-electron chi connectivity index (χ0n) is 26.6. The molecule has 0 bridgehead atoms. The number of nitrogens with one attached hydrogen (secondary N) is 3. The molecular formula is C36H40N6O3S. The van der Waals surface area contributed by atoms with Gasteiger partial charge in [-0.15, -0.1) is 0 Å². The van der Waals surface area contributed by atoms with Crippen LogP contribution in [0.3, 0.4) is 0 Å². The van der Waals surface area contributed by atoms with Gasteiger partial charge < -0.3 is 10.6 Å². The number of aryl methyl sites for hydroxylation is 1. The second-order valence-corrected chi connectivity index (χ2v) is 15.0. The minimum Gasteiger partial charge on any atom is -0.317 e. The molecule has 1 saturated heterocycles. The van der Waals surface area contributed by atoms with E-state index in [1.54, 1.807) is 47.3 Å². The first-order valence-electron chi connectivity index (χ1n) is 15.6. The van der Waals surface area contributed by atoms with Gasteiger partial charge in [0, 0.05) is 28.8 Å². The molecule has 238 valence electrons. The fourth-order valence-corrected chi connectivity index (χ4v) is 8.35. The molecule has 1 atom stereocenters. The molecule has 0 radical (unpaired) electrons. The Labute approximate surface area is 270 Å². The Balaban J connectivity index is 1.32. The van der Waals surface area contributed by atoms with Crippen molar-refractivity contribution in [3.05, 3.63) is 108 Å². The first-order valence-corrected chi connectivity index (χ1v) is 17.2. The third-order valence-electron chi connectivity index (χ3n) is 8.52. The van der Waals surface area contributed by atoms with Crippen LogP contribution in [0.25, 0.3) is 16.6 Å². The summed E-state index contributed by atoms with van der Waals surface area (Å²) in [5.74, 6) is 0.426. The van der Waals surface area contributed by atoms with Crippen molar-refractivity contribution in [3.8, 4) is 5.69 Å². The van der Waals surface area contributed by atoms with Gasteiger partial charge in [0.1, 0.15) is 5.82 Å². The summed E-state index contributed by atoms with van der Waals surface area (Å²) in [6, 6.07) is 25.5. The largest absolute Gasteiger partial charge is 0.324 e. The van der Waals surface area contributed by atoms with E-state index in [1.165, 1.54) is 0 Å². The maximum atomic E-state index is 14.5. The zero-order chi connectivity index (χ0) is 32.5. The molecule has 5 aromatic rings. The van der Waals surface area contributed by atoms with Crippen LogP contribution in [0.5, 0.6) is 0 Å². The molecule has 3 aromatic carbocycles. The number of pyridine rings is 1. The van der Waals surface area contributed by atoms with Crippen molar-refractivity contribution < 1.29 is 13.2 Å². The first-order chi connectivity index (χ1) is 22.0. The molecule has 1 fully saturated rings. The highest BCUT2D eigenvalue weighted by Gasteiger charge is 2.38. The van der Waals surface area contributed by atoms with Gasteiger partial charge in [0.25, 0.3) is 0 Å². The molecule has 9 nitrogen and oxygen atoms in total. The van der Waals surface area contributed by atoms with Crippen LogP contribution in [-0.2, 0) is 15.3 Å². The second kappa shape index (κ2) is 12.7. The molecule has 1 aliphatic heterocycles. The molecule has 1 aliphatic rings. The minimum absolute atomic E-state index is 0.103. The maximum absolute atomic E-state index is 14.5. The molecule has 10 heteroatoms. The van der Waals surface area contributed by atoms with Crippen LogP contribution in [-0.4, -0.2) is 42.3 Å². The number of fused-ring (bicyclic) bond motifs is 1. The van der Waals surface area contributed by atoms with Crippen LogP contribution in [0.4, 0.5) is 16.3 Å². The van der Waals surface area contributed by atoms with Crippen molar-refractivity contribution in [1.29, 1.82) is 0 Å². The summed E-state index contributed by atoms with van der Waals surface area (Å²) in [6.45, 7) is 9.74. The van der Waals surface area contributed by atoms with E-state index in [0.29, 0.717) is 22.6 Å². The predicted molar refractivity (Wildman–Crippen MR) is 183 cm³/mol. The molecule has 6 rings (SSSR count). The van der Waals surface area contributed by atoms with E-state index in [2.05, 4.69) is 41.7 Å². The minimum atomic E-state index is -3.85. The van der Waals surface area contributed by atoms with Gasteiger partial charge in [0.2, 0.25) is 0 Å². The summed E-state index contributed by atoms with van der Waals surface area (Å²) >= 11 is 0. The third kappa shape index (κ3) is 6.54. The Morgan fingerprint density at radius 1 is 0.935 bits per heavy atom. The van der Waals surface area contributed by atoms with Crippen molar-refractivity contribution in [2.45, 2.75) is 56.1 Å². The summed E-state index contributed by atoms with van der Waals surface area (Å²) in [7, 11) is -3.85. The van der Waals surface area contributed by atoms with Gasteiger partial charge in [0.15, 0.2) is 9.84 Å². The number of anilines is 2. The number of hydrogen-bond acceptors (Lipinski definition) is 6. The lowest BCUT2D eigenvalue weighted by Gasteiger charge is -2.31. The molecule has 0 aliphatic carbocycles. The van der Waals surface area contributed by atoms with E-state index in [4.69, 9.17) is 5.10 Å². The maximum Gasteiger partial charge on any atom is 0.324 e. The molecule has 3 heterocycles. The lowest BCUT2D eigenvalue weighted by Crippen LogP contribution is -2.34. The number of hydrogen-bond donors (Lipinski definition) is 3. The quantitative estimate of drug-likeness (QED) is 0.174. The fourth-order valence-electron chi connectivity index (χ4n) is 6.09. The van der Waals surface area contributed by atoms with E-state index in [1.807, 2.05) is 55.5 Å². The number of nitrogens with zero attached hydrogens (tertiary/aromatic N) is 3. The number of urea groups is 1. The van der Waals surface area contributed by atoms with E-state index in [-0.39, 0.29) is 16.2 Å². The van der Waals surface area contributed by atoms with Crippen molar-refractivity contribution in [2.24, 2.45) is 5.92 Å². The van der Waals surface area contributed by atoms with Crippen LogP contribution in [0.1, 0.15) is 55.7 Å². The van der Waals surface area contributed by atoms with E-state index < -0.39 is 21.1 Å². The lowest BCUT2D eigenvalue weighted by molar-refractivity contribution is 0.262. The van der Waals surface area contributed by atoms with Crippen molar-refractivity contribution in [1.82, 2.24) is 20.1 Å². The summed E-state index contributed by atoms with van der Waals surface area (Å²) in [6.07, 6.45) is 3.07. The molecule has 46 heavy (non-hydrogen) atoms. The number of rotatable bonds is 7. The molecule has 1 unspecified atom stereocenters. The van der Waals surface area contributed by atoms with Crippen LogP contribution in [0.15, 0.2) is 96.0 Å². The highest BCUT2D eigenvalue weighted by molar-refractivity contribution is 7.92. The molecule has 2 amide bonds. The molecule has 3 N–H and O–H groups in total. The Morgan fingerprint density at radius 2 is 1.65 bits per heavy atom. The summed E-state index contributed by atoms with van der Waals surface area (Å²) in [5, 5.41) is 14.0. The Morgan fingerprint density at radius 3 is 2.39 bits per heavy atom. The summed E-state index contributed by atoms with van der Waals surface area (Å²) < 4.78 is 30.8. The molecule has 0 saturated carbocycles. The van der Waals surface area contributed by atoms with Crippen molar-refractivity contribution >= 4 is 38.3 Å². The number of sulfone groups is 1. The normalized spacial score (nSPS) is 15.0. The zero-order valence-corrected chi connectivity index (χ0v) is 27.4. The molecule has 0 spiro atoms. The van der Waals surface area contributed by atoms with E-state index >= 15 is 0 Å². The average Bonchev–Trinajstić information content (AvgIpc) is 3.46. The monoisotopic (exact) mass is 636 g/mol. The van der Waals surface area contributed by atoms with Gasteiger partial charge in [-0.25, -0.2) is 17.9 Å². The highest BCUT2D eigenvalue weighted by atomic mass is 32.2. The number of benzene rings is 3. The highest BCUT2D eigenvalue weighted by Crippen LogP contribution is 2.41. The second-order valence-electron chi connectivity index (χ2n) is 13.0. The molecular weight excluding hydrogens is 597 g/mol. The smallest absolute Gasteiger partial charge is 0.317 e. The van der Waals surface area contributed by atoms with Gasteiger partial charge in [-0.2, -0.15) is 5.10 Å². The van der Waals surface area contributed by atoms with Gasteiger partial charge in [0.05, 0.1) is 27.0 Å². The Bertz CT molecular complexity index is 1970. The fraction of sp³-hybridized carbons (Fsp3) is 0.306. The van der Waals surface area contributed by atoms with Crippen molar-refractivity contribution in [2.75, 3.05) is 23.7 Å². The van der Waals surface area contributed by atoms with Crippen LogP contribution >= 0.6 is 0 Å². The van der Waals surface area contributed by atoms with E-state index in [0.717, 1.165) is 48.3 Å². The predicted octanol–water partition coefficient (Wildman–Crippen LogP) is 7.19. The number of aromatic nitrogens is 3. The number of para-hydroxylation sites is 1. The van der Waals surface area contributed by atoms with Gasteiger partial charge >= 0.3 is 6.03 Å². The molecule has 2 aromatic heterocycles. The van der Waals surface area contributed by atoms with Gasteiger partial charge in [-0.1, -0.05) is 68.8 Å². The van der Waals surface area contributed by atoms with Crippen LogP contribution in [0, 0.1) is 12.8 Å². The summed E-state index contributed by atoms with van der Waals surface area (Å²) in [5.41, 5.74) is 4.17. The number of carbonyl (C=O) groups excluding carboxylic acids is 1. The van der Waals surface area contributed by atoms with Crippen LogP contribution < -0.4 is 16.0 Å². The SMILES string of the molecule is Cc1ccc(-n2nc(C(C)(C)C)cc2NC(=O)Nc2cccc(C(C3CCNCC3)S(=O)(=O)c3cccc4cccnc34)c2)cc1. The average molecular weight is 637 g/mol. The third-order valence-corrected chi connectivity index (χ3v) is 10.8. The van der Waals surface area contributed by atoms with Crippen molar-refractivity contribution in [3.63, 3.8) is 0 Å². The van der Waals surface area contributed by atoms with E-state index in [9.17, 15) is 13.2 Å². The lowest BCUT2D eigenvalue weighted by atomic mass is 9.90. The number of carbonyl (C=O) groups is 1. The Hall–Kier alpha value is -4.54. The summed E-state index contributed by atoms with van der Waals surface area (Å²) in [4.78, 5) is 18.1. The number of amides is 2. The van der Waals surface area contributed by atoms with Crippen LogP contribution in [0.2, 0.25) is 0 Å². The van der Waals surface area contributed by atoms with Gasteiger partial charge in [-0.05, 0) is 80.7 Å². The topological polar surface area (TPSA) is 118 Å². The standard InChI is InChI=1S/C36H40N6O3S/c1-24-13-15-29(16-14-24)42-32(23-31(41-42)36(2,3)4)40-35(43)39-28-11-5-9-27(22-28)34(26-17-20-37-21-18-26)46(44,45)30-12-6-8-25-10-7-19-38-33(25)30/h5-16,19,22-23,26,34,37H,17-18,20-21H2,1-4H3,(H2,39,40,43).